The quantitative estimate of drug-likeness (QED) is 0.457. The molecule has 3 heteroatoms. The van der Waals surface area contributed by atoms with Crippen LogP contribution in [0.15, 0.2) is 0 Å². The van der Waals surface area contributed by atoms with Crippen LogP contribution < -0.4 is 0 Å². The molecule has 0 N–H and O–H groups in total. The Hall–Kier alpha value is -1.04. The highest BCUT2D eigenvalue weighted by atomic mass is 16.2. The Labute approximate surface area is 130 Å². The Bertz CT molecular complexity index is 318. The molecule has 1 aliphatic carbocycles. The van der Waals surface area contributed by atoms with Crippen LogP contribution >= 0.6 is 0 Å². The van der Waals surface area contributed by atoms with E-state index < -0.39 is 0 Å². The molecule has 1 saturated carbocycles. The minimum Gasteiger partial charge on any atom is -0.339 e. The van der Waals surface area contributed by atoms with Gasteiger partial charge in [0.2, 0.25) is 5.91 Å². The van der Waals surface area contributed by atoms with Gasteiger partial charge in [0, 0.05) is 19.0 Å². The van der Waals surface area contributed by atoms with E-state index in [0.717, 1.165) is 19.3 Å². The van der Waals surface area contributed by atoms with Gasteiger partial charge in [0.1, 0.15) is 0 Å². The normalized spacial score (nSPS) is 13.9. The zero-order chi connectivity index (χ0) is 15.3. The van der Waals surface area contributed by atoms with E-state index in [-0.39, 0.29) is 5.91 Å². The van der Waals surface area contributed by atoms with E-state index in [2.05, 4.69) is 13.0 Å². The van der Waals surface area contributed by atoms with Gasteiger partial charge in [0.15, 0.2) is 0 Å². The number of carbonyl (C=O) groups excluding carboxylic acids is 1. The monoisotopic (exact) mass is 292 g/mol. The molecule has 0 saturated heterocycles. The second-order valence-corrected chi connectivity index (χ2v) is 6.30. The van der Waals surface area contributed by atoms with Crippen LogP contribution in [0, 0.1) is 11.3 Å². The first-order chi connectivity index (χ1) is 10.3. The molecule has 1 rings (SSSR count). The van der Waals surface area contributed by atoms with Crippen LogP contribution in [-0.2, 0) is 4.79 Å². The van der Waals surface area contributed by atoms with E-state index in [1.54, 1.807) is 0 Å². The van der Waals surface area contributed by atoms with Crippen molar-refractivity contribution < 1.29 is 4.79 Å². The number of amides is 1. The molecule has 0 unspecified atom stereocenters. The lowest BCUT2D eigenvalue weighted by Crippen LogP contribution is -2.33. The summed E-state index contributed by atoms with van der Waals surface area (Å²) in [6.45, 7) is 2.88. The highest BCUT2D eigenvalue weighted by Gasteiger charge is 2.31. The molecule has 1 fully saturated rings. The Balaban J connectivity index is 1.98. The molecular formula is C18H32N2O. The predicted octanol–water partition coefficient (Wildman–Crippen LogP) is 4.81. The number of carbonyl (C=O) groups is 1. The van der Waals surface area contributed by atoms with Gasteiger partial charge in [-0.2, -0.15) is 5.26 Å². The smallest absolute Gasteiger partial charge is 0.222 e. The van der Waals surface area contributed by atoms with Crippen molar-refractivity contribution in [3.8, 4) is 6.07 Å². The summed E-state index contributed by atoms with van der Waals surface area (Å²) in [5, 5.41) is 8.66. The molecule has 0 radical (unpaired) electrons. The Kier molecular flexibility index (Phi) is 9.95. The second kappa shape index (κ2) is 11.6. The fourth-order valence-electron chi connectivity index (χ4n) is 2.80. The Morgan fingerprint density at radius 3 is 2.14 bits per heavy atom. The van der Waals surface area contributed by atoms with E-state index >= 15 is 0 Å². The third kappa shape index (κ3) is 8.75. The lowest BCUT2D eigenvalue weighted by Gasteiger charge is -2.21. The molecule has 0 atom stereocenters. The summed E-state index contributed by atoms with van der Waals surface area (Å²) in [4.78, 5) is 14.1. The van der Waals surface area contributed by atoms with Crippen molar-refractivity contribution in [2.24, 2.45) is 0 Å². The largest absolute Gasteiger partial charge is 0.339 e. The maximum absolute atomic E-state index is 12.2. The minimum absolute atomic E-state index is 0.274. The zero-order valence-electron chi connectivity index (χ0n) is 13.8. The van der Waals surface area contributed by atoms with Gasteiger partial charge >= 0.3 is 0 Å². The number of rotatable bonds is 13. The summed E-state index contributed by atoms with van der Waals surface area (Å²) in [5.41, 5.74) is 0. The van der Waals surface area contributed by atoms with Crippen LogP contribution in [-0.4, -0.2) is 23.4 Å². The van der Waals surface area contributed by atoms with Gasteiger partial charge < -0.3 is 4.90 Å². The third-order valence-corrected chi connectivity index (χ3v) is 4.27. The topological polar surface area (TPSA) is 44.1 Å². The van der Waals surface area contributed by atoms with E-state index in [0.29, 0.717) is 25.4 Å². The van der Waals surface area contributed by atoms with Crippen molar-refractivity contribution in [1.82, 2.24) is 4.90 Å². The first kappa shape index (κ1) is 18.0. The zero-order valence-corrected chi connectivity index (χ0v) is 13.8. The van der Waals surface area contributed by atoms with Gasteiger partial charge in [-0.15, -0.1) is 0 Å². The first-order valence-corrected chi connectivity index (χ1v) is 8.96. The number of nitriles is 1. The maximum Gasteiger partial charge on any atom is 0.222 e. The number of hydrogen-bond donors (Lipinski definition) is 0. The van der Waals surface area contributed by atoms with Crippen LogP contribution in [0.5, 0.6) is 0 Å². The molecule has 0 bridgehead atoms. The molecule has 3 nitrogen and oxygen atoms in total. The van der Waals surface area contributed by atoms with E-state index in [4.69, 9.17) is 5.26 Å². The van der Waals surface area contributed by atoms with E-state index in [1.165, 1.54) is 51.4 Å². The molecule has 1 aliphatic rings. The number of hydrogen-bond acceptors (Lipinski definition) is 2. The molecule has 0 aromatic rings. The molecule has 0 heterocycles. The molecule has 1 amide bonds. The summed E-state index contributed by atoms with van der Waals surface area (Å²) in [7, 11) is 0. The Morgan fingerprint density at radius 2 is 1.62 bits per heavy atom. The van der Waals surface area contributed by atoms with E-state index in [1.807, 2.05) is 4.90 Å². The summed E-state index contributed by atoms with van der Waals surface area (Å²) in [6.07, 6.45) is 15.0. The van der Waals surface area contributed by atoms with Gasteiger partial charge in [-0.05, 0) is 19.3 Å². The van der Waals surface area contributed by atoms with Crippen molar-refractivity contribution in [1.29, 1.82) is 5.26 Å². The third-order valence-electron chi connectivity index (χ3n) is 4.27. The summed E-state index contributed by atoms with van der Waals surface area (Å²) < 4.78 is 0. The molecule has 0 aromatic heterocycles. The van der Waals surface area contributed by atoms with Crippen molar-refractivity contribution in [3.63, 3.8) is 0 Å². The SMILES string of the molecule is CCCCCCCCCCCC(=O)N(CCC#N)C1CC1. The lowest BCUT2D eigenvalue weighted by atomic mass is 10.1. The number of nitrogens with zero attached hydrogens (tertiary/aromatic N) is 2. The van der Waals surface area contributed by atoms with Gasteiger partial charge in [0.25, 0.3) is 0 Å². The maximum atomic E-state index is 12.2. The molecule has 0 aromatic carbocycles. The van der Waals surface area contributed by atoms with Gasteiger partial charge in [-0.3, -0.25) is 4.79 Å². The molecule has 0 spiro atoms. The average molecular weight is 292 g/mol. The highest BCUT2D eigenvalue weighted by molar-refractivity contribution is 5.76. The van der Waals surface area contributed by atoms with Crippen LogP contribution in [0.3, 0.4) is 0 Å². The summed E-state index contributed by atoms with van der Waals surface area (Å²) in [5.74, 6) is 0.274. The van der Waals surface area contributed by atoms with Gasteiger partial charge in [-0.1, -0.05) is 58.3 Å². The fourth-order valence-corrected chi connectivity index (χ4v) is 2.80. The standard InChI is InChI=1S/C18H32N2O/c1-2-3-4-5-6-7-8-9-10-12-18(21)20(16-11-15-19)17-13-14-17/h17H,2-14,16H2,1H3. The second-order valence-electron chi connectivity index (χ2n) is 6.30. The van der Waals surface area contributed by atoms with Crippen molar-refractivity contribution >= 4 is 5.91 Å². The fraction of sp³-hybridized carbons (Fsp3) is 0.889. The van der Waals surface area contributed by atoms with Crippen LogP contribution in [0.25, 0.3) is 0 Å². The van der Waals surface area contributed by atoms with Crippen LogP contribution in [0.2, 0.25) is 0 Å². The van der Waals surface area contributed by atoms with Crippen molar-refractivity contribution in [3.05, 3.63) is 0 Å². The Morgan fingerprint density at radius 1 is 1.05 bits per heavy atom. The van der Waals surface area contributed by atoms with Crippen molar-refractivity contribution in [2.45, 2.75) is 96.4 Å². The first-order valence-electron chi connectivity index (χ1n) is 8.96. The molecular weight excluding hydrogens is 260 g/mol. The average Bonchev–Trinajstić information content (AvgIpc) is 3.31. The van der Waals surface area contributed by atoms with Gasteiger partial charge in [-0.25, -0.2) is 0 Å². The molecule has 0 aliphatic heterocycles. The van der Waals surface area contributed by atoms with E-state index in [9.17, 15) is 4.79 Å². The predicted molar refractivity (Wildman–Crippen MR) is 86.8 cm³/mol. The summed E-state index contributed by atoms with van der Waals surface area (Å²) >= 11 is 0. The van der Waals surface area contributed by atoms with Crippen molar-refractivity contribution in [2.75, 3.05) is 6.54 Å². The summed E-state index contributed by atoms with van der Waals surface area (Å²) in [6, 6.07) is 2.60. The minimum atomic E-state index is 0.274. The van der Waals surface area contributed by atoms with Crippen LogP contribution in [0.4, 0.5) is 0 Å². The van der Waals surface area contributed by atoms with Gasteiger partial charge in [0.05, 0.1) is 12.5 Å². The molecule has 120 valence electrons. The lowest BCUT2D eigenvalue weighted by molar-refractivity contribution is -0.131. The molecule has 21 heavy (non-hydrogen) atoms. The van der Waals surface area contributed by atoms with Crippen LogP contribution in [0.1, 0.15) is 90.4 Å². The highest BCUT2D eigenvalue weighted by Crippen LogP contribution is 2.27. The number of unbranched alkanes of at least 4 members (excludes halogenated alkanes) is 8.